The third kappa shape index (κ3) is 3.28. The van der Waals surface area contributed by atoms with Gasteiger partial charge < -0.3 is 4.74 Å². The molecule has 23 heavy (non-hydrogen) atoms. The summed E-state index contributed by atoms with van der Waals surface area (Å²) in [6.07, 6.45) is 0. The van der Waals surface area contributed by atoms with Crippen molar-refractivity contribution < 1.29 is 17.9 Å². The lowest BCUT2D eigenvalue weighted by atomic mass is 10.1. The number of ether oxygens (including phenoxy) is 1. The Morgan fingerprint density at radius 3 is 2.65 bits per heavy atom. The van der Waals surface area contributed by atoms with Crippen molar-refractivity contribution in [2.75, 3.05) is 12.4 Å². The van der Waals surface area contributed by atoms with E-state index in [-0.39, 0.29) is 17.6 Å². The third-order valence-corrected chi connectivity index (χ3v) is 6.87. The minimum Gasteiger partial charge on any atom is -0.462 e. The van der Waals surface area contributed by atoms with Gasteiger partial charge in [-0.2, -0.15) is 0 Å². The number of fused-ring (bicyclic) bond motifs is 1. The van der Waals surface area contributed by atoms with E-state index >= 15 is 0 Å². The van der Waals surface area contributed by atoms with E-state index < -0.39 is 15.8 Å². The minimum atomic E-state index is -3.30. The summed E-state index contributed by atoms with van der Waals surface area (Å²) in [4.78, 5) is 13.2. The third-order valence-electron chi connectivity index (χ3n) is 3.60. The first-order valence-electron chi connectivity index (χ1n) is 7.27. The molecule has 0 spiro atoms. The normalized spacial score (nSPS) is 18.4. The first-order chi connectivity index (χ1) is 11.0. The van der Waals surface area contributed by atoms with Crippen LogP contribution in [0.2, 0.25) is 0 Å². The summed E-state index contributed by atoms with van der Waals surface area (Å²) in [5.74, 6) is -0.378. The molecule has 0 radical (unpaired) electrons. The number of hydrogen-bond acceptors (Lipinski definition) is 5. The summed E-state index contributed by atoms with van der Waals surface area (Å²) < 4.78 is 29.7. The van der Waals surface area contributed by atoms with Gasteiger partial charge in [-0.3, -0.25) is 0 Å². The van der Waals surface area contributed by atoms with Crippen molar-refractivity contribution in [1.29, 1.82) is 0 Å². The predicted molar refractivity (Wildman–Crippen MR) is 89.5 cm³/mol. The smallest absolute Gasteiger partial charge is 0.338 e. The van der Waals surface area contributed by atoms with Gasteiger partial charge in [0.25, 0.3) is 0 Å². The van der Waals surface area contributed by atoms with Crippen LogP contribution in [0.5, 0.6) is 0 Å². The predicted octanol–water partition coefficient (Wildman–Crippen LogP) is 3.48. The van der Waals surface area contributed by atoms with Crippen LogP contribution in [-0.4, -0.2) is 26.7 Å². The molecule has 0 saturated heterocycles. The number of sulfone groups is 1. The maximum absolute atomic E-state index is 12.3. The molecule has 1 aliphatic heterocycles. The highest BCUT2D eigenvalue weighted by Gasteiger charge is 2.36. The zero-order valence-corrected chi connectivity index (χ0v) is 14.2. The van der Waals surface area contributed by atoms with Crippen LogP contribution in [0.3, 0.4) is 0 Å². The van der Waals surface area contributed by atoms with E-state index in [2.05, 4.69) is 0 Å². The average Bonchev–Trinajstić information content (AvgIpc) is 2.79. The Bertz CT molecular complexity index is 829. The molecule has 0 bridgehead atoms. The van der Waals surface area contributed by atoms with Crippen LogP contribution >= 0.6 is 11.8 Å². The molecule has 3 rings (SSSR count). The first kappa shape index (κ1) is 16.1. The highest BCUT2D eigenvalue weighted by Crippen LogP contribution is 2.45. The van der Waals surface area contributed by atoms with Crippen LogP contribution in [0.25, 0.3) is 0 Å². The summed E-state index contributed by atoms with van der Waals surface area (Å²) in [6, 6.07) is 14.3. The van der Waals surface area contributed by atoms with E-state index in [1.54, 1.807) is 13.0 Å². The highest BCUT2D eigenvalue weighted by atomic mass is 32.2. The molecule has 1 aliphatic rings. The quantitative estimate of drug-likeness (QED) is 0.792. The molecule has 120 valence electrons. The first-order valence-corrected chi connectivity index (χ1v) is 9.80. The molecule has 2 aromatic rings. The van der Waals surface area contributed by atoms with Crippen molar-refractivity contribution in [2.45, 2.75) is 22.0 Å². The number of benzene rings is 2. The zero-order chi connectivity index (χ0) is 16.4. The fraction of sp³-hybridized carbons (Fsp3) is 0.235. The fourth-order valence-corrected chi connectivity index (χ4v) is 6.01. The van der Waals surface area contributed by atoms with E-state index in [1.165, 1.54) is 23.9 Å². The standard InChI is InChI=1S/C17H16O4S2/c1-2-21-17(18)12-8-9-16-14(10-12)15(11-23(16,19)20)22-13-6-4-3-5-7-13/h3-10,15H,2,11H2,1H3. The Labute approximate surface area is 139 Å². The molecule has 1 atom stereocenters. The van der Waals surface area contributed by atoms with Crippen molar-refractivity contribution in [3.8, 4) is 0 Å². The average molecular weight is 348 g/mol. The van der Waals surface area contributed by atoms with Crippen molar-refractivity contribution in [3.05, 3.63) is 59.7 Å². The van der Waals surface area contributed by atoms with E-state index in [0.717, 1.165) is 4.90 Å². The largest absolute Gasteiger partial charge is 0.462 e. The molecule has 6 heteroatoms. The van der Waals surface area contributed by atoms with Crippen molar-refractivity contribution in [3.63, 3.8) is 0 Å². The lowest BCUT2D eigenvalue weighted by Gasteiger charge is -2.11. The van der Waals surface area contributed by atoms with Crippen LogP contribution in [0.15, 0.2) is 58.3 Å². The molecule has 0 amide bonds. The molecule has 0 aromatic heterocycles. The zero-order valence-electron chi connectivity index (χ0n) is 12.6. The SMILES string of the molecule is CCOC(=O)c1ccc2c(c1)C(Sc1ccccc1)CS2(=O)=O. The molecule has 4 nitrogen and oxygen atoms in total. The Kier molecular flexibility index (Phi) is 4.46. The van der Waals surface area contributed by atoms with E-state index in [9.17, 15) is 13.2 Å². The van der Waals surface area contributed by atoms with Crippen LogP contribution in [-0.2, 0) is 14.6 Å². The summed E-state index contributed by atoms with van der Waals surface area (Å²) in [5.41, 5.74) is 1.07. The molecule has 0 aliphatic carbocycles. The molecular formula is C17H16O4S2. The molecule has 0 N–H and O–H groups in total. The van der Waals surface area contributed by atoms with Crippen LogP contribution < -0.4 is 0 Å². The summed E-state index contributed by atoms with van der Waals surface area (Å²) in [5, 5.41) is -0.216. The van der Waals surface area contributed by atoms with E-state index in [0.29, 0.717) is 16.0 Å². The lowest BCUT2D eigenvalue weighted by Crippen LogP contribution is -2.05. The molecule has 1 heterocycles. The molecule has 1 unspecified atom stereocenters. The Balaban J connectivity index is 1.97. The maximum atomic E-state index is 12.3. The Morgan fingerprint density at radius 1 is 1.22 bits per heavy atom. The van der Waals surface area contributed by atoms with Gasteiger partial charge in [-0.1, -0.05) is 18.2 Å². The summed E-state index contributed by atoms with van der Waals surface area (Å²) in [6.45, 7) is 2.03. The number of carbonyl (C=O) groups is 1. The molecular weight excluding hydrogens is 332 g/mol. The van der Waals surface area contributed by atoms with Crippen molar-refractivity contribution >= 4 is 27.6 Å². The van der Waals surface area contributed by atoms with Crippen LogP contribution in [0.1, 0.15) is 28.1 Å². The monoisotopic (exact) mass is 348 g/mol. The number of hydrogen-bond donors (Lipinski definition) is 0. The van der Waals surface area contributed by atoms with Gasteiger partial charge in [0.1, 0.15) is 0 Å². The number of rotatable bonds is 4. The fourth-order valence-electron chi connectivity index (χ4n) is 2.56. The van der Waals surface area contributed by atoms with Crippen LogP contribution in [0, 0.1) is 0 Å². The Hall–Kier alpha value is -1.79. The molecule has 0 fully saturated rings. The topological polar surface area (TPSA) is 60.4 Å². The van der Waals surface area contributed by atoms with Gasteiger partial charge in [0.15, 0.2) is 9.84 Å². The lowest BCUT2D eigenvalue weighted by molar-refractivity contribution is 0.0526. The van der Waals surface area contributed by atoms with Gasteiger partial charge >= 0.3 is 5.97 Å². The van der Waals surface area contributed by atoms with Crippen molar-refractivity contribution in [1.82, 2.24) is 0 Å². The highest BCUT2D eigenvalue weighted by molar-refractivity contribution is 8.01. The summed E-state index contributed by atoms with van der Waals surface area (Å²) >= 11 is 1.50. The van der Waals surface area contributed by atoms with Gasteiger partial charge in [0.2, 0.25) is 0 Å². The van der Waals surface area contributed by atoms with Gasteiger partial charge in [-0.25, -0.2) is 13.2 Å². The van der Waals surface area contributed by atoms with Gasteiger partial charge in [-0.15, -0.1) is 11.8 Å². The van der Waals surface area contributed by atoms with Crippen LogP contribution in [0.4, 0.5) is 0 Å². The number of carbonyl (C=O) groups excluding carboxylic acids is 1. The van der Waals surface area contributed by atoms with E-state index in [4.69, 9.17) is 4.74 Å². The second-order valence-corrected chi connectivity index (χ2v) is 8.45. The number of thioether (sulfide) groups is 1. The Morgan fingerprint density at radius 2 is 1.96 bits per heavy atom. The number of esters is 1. The minimum absolute atomic E-state index is 0.0498. The second-order valence-electron chi connectivity index (χ2n) is 5.17. The van der Waals surface area contributed by atoms with Gasteiger partial charge in [0, 0.05) is 4.90 Å². The molecule has 0 saturated carbocycles. The van der Waals surface area contributed by atoms with Gasteiger partial charge in [-0.05, 0) is 42.8 Å². The second kappa shape index (κ2) is 6.37. The van der Waals surface area contributed by atoms with Crippen molar-refractivity contribution in [2.24, 2.45) is 0 Å². The summed E-state index contributed by atoms with van der Waals surface area (Å²) in [7, 11) is -3.30. The maximum Gasteiger partial charge on any atom is 0.338 e. The van der Waals surface area contributed by atoms with E-state index in [1.807, 2.05) is 30.3 Å². The molecule has 2 aromatic carbocycles. The van der Waals surface area contributed by atoms with Gasteiger partial charge in [0.05, 0.1) is 28.1 Å².